The summed E-state index contributed by atoms with van der Waals surface area (Å²) in [7, 11) is -2.91. The van der Waals surface area contributed by atoms with Crippen molar-refractivity contribution in [3.05, 3.63) is 40.4 Å². The van der Waals surface area contributed by atoms with E-state index in [-0.39, 0.29) is 21.3 Å². The first-order chi connectivity index (χ1) is 11.2. The molecule has 1 aromatic heterocycles. The van der Waals surface area contributed by atoms with Crippen molar-refractivity contribution in [2.24, 2.45) is 0 Å². The molecule has 0 spiro atoms. The van der Waals surface area contributed by atoms with Gasteiger partial charge in [0.1, 0.15) is 11.5 Å². The fourth-order valence-electron chi connectivity index (χ4n) is 2.07. The van der Waals surface area contributed by atoms with Gasteiger partial charge >= 0.3 is 5.97 Å². The Morgan fingerprint density at radius 1 is 1.46 bits per heavy atom. The Morgan fingerprint density at radius 2 is 2.12 bits per heavy atom. The number of rotatable bonds is 5. The van der Waals surface area contributed by atoms with Crippen LogP contribution in [0.4, 0.5) is 10.1 Å². The lowest BCUT2D eigenvalue weighted by atomic mass is 10.3. The summed E-state index contributed by atoms with van der Waals surface area (Å²) in [6.45, 7) is 3.64. The summed E-state index contributed by atoms with van der Waals surface area (Å²) in [6.07, 6.45) is 0. The van der Waals surface area contributed by atoms with E-state index in [0.29, 0.717) is 12.2 Å². The van der Waals surface area contributed by atoms with Crippen LogP contribution in [0.25, 0.3) is 0 Å². The second-order valence-corrected chi connectivity index (χ2v) is 6.89. The average Bonchev–Trinajstić information content (AvgIpc) is 2.84. The van der Waals surface area contributed by atoms with E-state index >= 15 is 0 Å². The van der Waals surface area contributed by atoms with Gasteiger partial charge in [0.15, 0.2) is 5.69 Å². The monoisotopic (exact) mass is 375 g/mol. The molecule has 0 bridgehead atoms. The Hall–Kier alpha value is -2.13. The summed E-state index contributed by atoms with van der Waals surface area (Å²) in [5, 5.41) is 3.78. The smallest absolute Gasteiger partial charge is 0.358 e. The van der Waals surface area contributed by atoms with Gasteiger partial charge in [-0.2, -0.15) is 5.10 Å². The molecule has 130 valence electrons. The molecule has 0 saturated heterocycles. The highest BCUT2D eigenvalue weighted by Gasteiger charge is 2.26. The lowest BCUT2D eigenvalue weighted by Crippen LogP contribution is -2.18. The normalized spacial score (nSPS) is 11.4. The molecule has 0 radical (unpaired) electrons. The van der Waals surface area contributed by atoms with Gasteiger partial charge in [-0.3, -0.25) is 9.40 Å². The zero-order chi connectivity index (χ0) is 18.1. The largest absolute Gasteiger partial charge is 0.464 e. The van der Waals surface area contributed by atoms with E-state index in [1.54, 1.807) is 13.8 Å². The third-order valence-corrected chi connectivity index (χ3v) is 4.88. The molecule has 0 unspecified atom stereocenters. The van der Waals surface area contributed by atoms with Gasteiger partial charge in [-0.15, -0.1) is 0 Å². The molecule has 0 fully saturated rings. The van der Waals surface area contributed by atoms with Crippen LogP contribution in [-0.2, 0) is 21.3 Å². The highest BCUT2D eigenvalue weighted by atomic mass is 35.5. The Labute approximate surface area is 143 Å². The summed E-state index contributed by atoms with van der Waals surface area (Å²) < 4.78 is 46.5. The number of methoxy groups -OCH3 is 1. The number of sulfonamides is 1. The molecular formula is C14H15ClFN3O4S. The lowest BCUT2D eigenvalue weighted by molar-refractivity contribution is 0.0588. The van der Waals surface area contributed by atoms with E-state index < -0.39 is 21.8 Å². The van der Waals surface area contributed by atoms with Crippen molar-refractivity contribution in [1.82, 2.24) is 9.78 Å². The fraction of sp³-hybridized carbons (Fsp3) is 0.286. The number of ether oxygens (including phenoxy) is 1. The third-order valence-electron chi connectivity index (χ3n) is 3.24. The van der Waals surface area contributed by atoms with E-state index in [2.05, 4.69) is 14.6 Å². The fourth-order valence-corrected chi connectivity index (χ4v) is 3.47. The molecule has 0 atom stereocenters. The lowest BCUT2D eigenvalue weighted by Gasteiger charge is -2.10. The number of halogens is 2. The number of aromatic nitrogens is 2. The van der Waals surface area contributed by atoms with E-state index in [0.717, 1.165) is 18.2 Å². The Balaban J connectivity index is 2.52. The summed E-state index contributed by atoms with van der Waals surface area (Å²) in [6, 6.07) is 3.00. The predicted octanol–water partition coefficient (Wildman–Crippen LogP) is 2.59. The van der Waals surface area contributed by atoms with Crippen LogP contribution in [-0.4, -0.2) is 31.3 Å². The number of benzene rings is 1. The van der Waals surface area contributed by atoms with Gasteiger partial charge in [-0.1, -0.05) is 11.6 Å². The summed E-state index contributed by atoms with van der Waals surface area (Å²) in [5.41, 5.74) is 0.285. The molecule has 1 heterocycles. The van der Waals surface area contributed by atoms with Crippen molar-refractivity contribution in [2.75, 3.05) is 11.8 Å². The predicted molar refractivity (Wildman–Crippen MR) is 86.2 cm³/mol. The SMILES string of the molecule is CCn1nc(C)c(NS(=O)(=O)c2ccc(F)c(Cl)c2)c1C(=O)OC. The molecule has 0 aliphatic rings. The molecule has 1 aromatic carbocycles. The van der Waals surface area contributed by atoms with Crippen LogP contribution in [0.15, 0.2) is 23.1 Å². The molecule has 1 N–H and O–H groups in total. The van der Waals surface area contributed by atoms with Crippen LogP contribution in [0.2, 0.25) is 5.02 Å². The molecule has 0 aliphatic carbocycles. The minimum atomic E-state index is -4.10. The van der Waals surface area contributed by atoms with Gasteiger partial charge in [0.25, 0.3) is 10.0 Å². The first kappa shape index (κ1) is 18.2. The van der Waals surface area contributed by atoms with E-state index in [1.165, 1.54) is 11.8 Å². The maximum atomic E-state index is 13.2. The van der Waals surface area contributed by atoms with E-state index in [4.69, 9.17) is 11.6 Å². The minimum absolute atomic E-state index is 0.00384. The van der Waals surface area contributed by atoms with Gasteiger partial charge < -0.3 is 4.74 Å². The number of nitrogens with zero attached hydrogens (tertiary/aromatic N) is 2. The number of esters is 1. The number of nitrogens with one attached hydrogen (secondary N) is 1. The third kappa shape index (κ3) is 3.36. The standard InChI is InChI=1S/C14H15ClFN3O4S/c1-4-19-13(14(20)23-3)12(8(2)17-19)18-24(21,22)9-5-6-11(16)10(15)7-9/h5-7,18H,4H2,1-3H3. The quantitative estimate of drug-likeness (QED) is 0.811. The summed E-state index contributed by atoms with van der Waals surface area (Å²) in [5.74, 6) is -1.46. The average molecular weight is 376 g/mol. The second-order valence-electron chi connectivity index (χ2n) is 4.80. The Kier molecular flexibility index (Phi) is 5.14. The molecule has 10 heteroatoms. The Morgan fingerprint density at radius 3 is 2.67 bits per heavy atom. The van der Waals surface area contributed by atoms with Crippen LogP contribution in [0, 0.1) is 12.7 Å². The van der Waals surface area contributed by atoms with Crippen LogP contribution >= 0.6 is 11.6 Å². The van der Waals surface area contributed by atoms with Crippen molar-refractivity contribution in [2.45, 2.75) is 25.3 Å². The highest BCUT2D eigenvalue weighted by molar-refractivity contribution is 7.92. The van der Waals surface area contributed by atoms with Crippen LogP contribution in [0.3, 0.4) is 0 Å². The molecule has 0 saturated carbocycles. The van der Waals surface area contributed by atoms with Crippen LogP contribution < -0.4 is 4.72 Å². The number of hydrogen-bond donors (Lipinski definition) is 1. The van der Waals surface area contributed by atoms with Crippen molar-refractivity contribution in [3.8, 4) is 0 Å². The van der Waals surface area contributed by atoms with Gasteiger partial charge in [0, 0.05) is 6.54 Å². The zero-order valence-corrected chi connectivity index (χ0v) is 14.7. The topological polar surface area (TPSA) is 90.3 Å². The van der Waals surface area contributed by atoms with Gasteiger partial charge in [0.05, 0.1) is 22.7 Å². The highest BCUT2D eigenvalue weighted by Crippen LogP contribution is 2.26. The number of hydrogen-bond acceptors (Lipinski definition) is 5. The van der Waals surface area contributed by atoms with Crippen LogP contribution in [0.5, 0.6) is 0 Å². The van der Waals surface area contributed by atoms with Crippen LogP contribution in [0.1, 0.15) is 23.1 Å². The van der Waals surface area contributed by atoms with Crippen molar-refractivity contribution in [3.63, 3.8) is 0 Å². The van der Waals surface area contributed by atoms with E-state index in [9.17, 15) is 17.6 Å². The molecule has 2 rings (SSSR count). The molecule has 0 aliphatic heterocycles. The van der Waals surface area contributed by atoms with E-state index in [1.807, 2.05) is 0 Å². The molecule has 2 aromatic rings. The number of aryl methyl sites for hydroxylation is 2. The zero-order valence-electron chi connectivity index (χ0n) is 13.1. The molecule has 7 nitrogen and oxygen atoms in total. The van der Waals surface area contributed by atoms with Gasteiger partial charge in [0.2, 0.25) is 0 Å². The van der Waals surface area contributed by atoms with Gasteiger partial charge in [-0.25, -0.2) is 17.6 Å². The molecule has 24 heavy (non-hydrogen) atoms. The second kappa shape index (κ2) is 6.78. The Bertz CT molecular complexity index is 896. The maximum Gasteiger partial charge on any atom is 0.358 e. The number of carbonyl (C=O) groups is 1. The summed E-state index contributed by atoms with van der Waals surface area (Å²) >= 11 is 5.63. The first-order valence-corrected chi connectivity index (χ1v) is 8.71. The van der Waals surface area contributed by atoms with Gasteiger partial charge in [-0.05, 0) is 32.0 Å². The van der Waals surface area contributed by atoms with Crippen molar-refractivity contribution in [1.29, 1.82) is 0 Å². The van der Waals surface area contributed by atoms with Crippen molar-refractivity contribution < 1.29 is 22.3 Å². The molecular weight excluding hydrogens is 361 g/mol. The maximum absolute atomic E-state index is 13.2. The van der Waals surface area contributed by atoms with Crippen molar-refractivity contribution >= 4 is 33.3 Å². The summed E-state index contributed by atoms with van der Waals surface area (Å²) in [4.78, 5) is 11.7. The number of anilines is 1. The first-order valence-electron chi connectivity index (χ1n) is 6.84. The number of carbonyl (C=O) groups excluding carboxylic acids is 1. The molecule has 0 amide bonds. The minimum Gasteiger partial charge on any atom is -0.464 e.